The summed E-state index contributed by atoms with van der Waals surface area (Å²) in [6.07, 6.45) is -72.9. The van der Waals surface area contributed by atoms with Gasteiger partial charge in [-0.15, -0.1) is 0 Å². The highest BCUT2D eigenvalue weighted by atomic mass is 16.8. The molecule has 4 saturated carbocycles. The average molecular weight is 1820 g/mol. The van der Waals surface area contributed by atoms with Gasteiger partial charge in [0.15, 0.2) is 56.6 Å². The summed E-state index contributed by atoms with van der Waals surface area (Å²) in [6, 6.07) is 0. The van der Waals surface area contributed by atoms with Crippen molar-refractivity contribution in [2.45, 2.75) is 397 Å². The van der Waals surface area contributed by atoms with Crippen LogP contribution in [0, 0.1) is 50.2 Å². The minimum Gasteiger partial charge on any atom is -0.481 e. The maximum Gasteiger partial charge on any atom is 0.310 e. The Morgan fingerprint density at radius 2 is 0.833 bits per heavy atom. The smallest absolute Gasteiger partial charge is 0.310 e. The lowest BCUT2D eigenvalue weighted by atomic mass is 9.33. The molecule has 0 bridgehead atoms. The van der Waals surface area contributed by atoms with Gasteiger partial charge in [-0.25, -0.2) is 0 Å². The van der Waals surface area contributed by atoms with Crippen LogP contribution in [0.5, 0.6) is 0 Å². The van der Waals surface area contributed by atoms with E-state index in [1.807, 2.05) is 0 Å². The molecule has 0 radical (unpaired) electrons. The molecule has 9 aliphatic heterocycles. The summed E-state index contributed by atoms with van der Waals surface area (Å²) in [6.45, 7) is 12.6. The Morgan fingerprint density at radius 3 is 1.46 bits per heavy atom. The molecule has 0 aromatic heterocycles. The van der Waals surface area contributed by atoms with Crippen LogP contribution in [0.4, 0.5) is 0 Å². The molecule has 13 fully saturated rings. The second-order valence-electron chi connectivity index (χ2n) is 39.4. The van der Waals surface area contributed by atoms with E-state index in [0.717, 1.165) is 44.9 Å². The summed E-state index contributed by atoms with van der Waals surface area (Å²) in [5.41, 5.74) is -0.448. The van der Waals surface area contributed by atoms with Crippen LogP contribution in [-0.2, 0) is 90.1 Å². The minimum atomic E-state index is -2.41. The van der Waals surface area contributed by atoms with Crippen molar-refractivity contribution in [3.05, 3.63) is 11.6 Å². The van der Waals surface area contributed by atoms with Crippen LogP contribution in [0.1, 0.15) is 127 Å². The molecular weight excluding hydrogens is 1690 g/mol. The van der Waals surface area contributed by atoms with Gasteiger partial charge in [-0.1, -0.05) is 60.1 Å². The summed E-state index contributed by atoms with van der Waals surface area (Å²) >= 11 is 0. The molecule has 14 aliphatic rings. The summed E-state index contributed by atoms with van der Waals surface area (Å²) < 4.78 is 107. The number of rotatable bonds is 24. The highest BCUT2D eigenvalue weighted by Crippen LogP contribution is 2.76. The quantitative estimate of drug-likeness (QED) is 0.0315. The van der Waals surface area contributed by atoms with E-state index < -0.39 is 327 Å². The first-order valence-corrected chi connectivity index (χ1v) is 43.9. The van der Waals surface area contributed by atoms with Gasteiger partial charge in [-0.3, -0.25) is 4.79 Å². The fourth-order valence-corrected chi connectivity index (χ4v) is 23.2. The third-order valence-corrected chi connectivity index (χ3v) is 31.2. The van der Waals surface area contributed by atoms with Crippen molar-refractivity contribution < 1.29 is 218 Å². The maximum absolute atomic E-state index is 13.3. The Balaban J connectivity index is 0.604. The van der Waals surface area contributed by atoms with E-state index in [1.165, 1.54) is 19.4 Å². The molecule has 2 unspecified atom stereocenters. The zero-order chi connectivity index (χ0) is 91.7. The molecule has 51 atom stereocenters. The van der Waals surface area contributed by atoms with Crippen molar-refractivity contribution >= 4 is 5.97 Å². The van der Waals surface area contributed by atoms with E-state index in [0.29, 0.717) is 19.3 Å². The van der Waals surface area contributed by atoms with E-state index in [1.54, 1.807) is 0 Å². The molecule has 0 amide bonds. The molecule has 44 heteroatoms. The number of hydrogen-bond donors (Lipinski definition) is 25. The Bertz CT molecular complexity index is 3630. The van der Waals surface area contributed by atoms with E-state index in [-0.39, 0.29) is 46.0 Å². The molecular formula is C82H134O44. The van der Waals surface area contributed by atoms with Gasteiger partial charge in [0.2, 0.25) is 0 Å². The fraction of sp³-hybridized carbons (Fsp3) is 0.963. The number of carboxylic acid groups (broad SMARTS) is 1. The number of carbonyl (C=O) groups is 1. The van der Waals surface area contributed by atoms with Crippen LogP contribution in [0.25, 0.3) is 0 Å². The molecule has 5 aliphatic carbocycles. The number of carboxylic acids is 1. The molecule has 0 spiro atoms. The van der Waals surface area contributed by atoms with Crippen LogP contribution in [-0.4, -0.2) is 450 Å². The van der Waals surface area contributed by atoms with Crippen LogP contribution < -0.4 is 0 Å². The van der Waals surface area contributed by atoms with Crippen molar-refractivity contribution in [1.29, 1.82) is 0 Å². The fourth-order valence-electron chi connectivity index (χ4n) is 23.2. The van der Waals surface area contributed by atoms with Crippen LogP contribution in [0.2, 0.25) is 0 Å². The second kappa shape index (κ2) is 38.6. The normalized spacial score (nSPS) is 54.6. The summed E-state index contributed by atoms with van der Waals surface area (Å²) in [7, 11) is 0. The molecule has 44 nitrogen and oxygen atoms in total. The number of aliphatic carboxylic acids is 1. The van der Waals surface area contributed by atoms with Crippen molar-refractivity contribution in [3.8, 4) is 0 Å². The zero-order valence-electron chi connectivity index (χ0n) is 71.7. The third-order valence-electron chi connectivity index (χ3n) is 31.2. The second-order valence-corrected chi connectivity index (χ2v) is 39.4. The van der Waals surface area contributed by atoms with E-state index in [9.17, 15) is 132 Å². The minimum absolute atomic E-state index is 0.0134. The third kappa shape index (κ3) is 18.0. The Labute approximate surface area is 726 Å². The first-order valence-electron chi connectivity index (χ1n) is 43.9. The van der Waals surface area contributed by atoms with Gasteiger partial charge in [0.05, 0.1) is 70.0 Å². The van der Waals surface area contributed by atoms with Gasteiger partial charge in [0.25, 0.3) is 0 Å². The number of ether oxygens (including phenoxy) is 18. The standard InChI is InChI=1S/C82H134O44/c1-28-42(88)49(95)55(101)67(112-28)111-27-38-62(122-75-66(51(97)46(92)34(22-84)116-75)126-70-56(102)50(96)45(91)33(21-83)114-70)53(99)58(104)71(119-38)124-64-48(94)35(23-85)115-73(60(64)106)121-61-36(24-86)117-69(57(103)52(61)98)118-37-26-110-68(54(100)47(37)93)123-63-43(89)29(2)113-72(59(63)105)125-65-44(90)32(87)25-109-74(65)120-41-13-14-79(7)39(78(41,5)6)12-15-81(9)40(79)11-10-30-31-20-77(3,4)16-18-82(31,76(107)108)19-17-80(30,81)8/h10,28-29,31-75,83-106H,11-27H2,1-9H3,(H,107,108)/t28-,29-,31-,32-,33+,34+,35+,36+,37+,38+,39?,40+,41?,42-,43-,44-,45+,46+,47+,48+,49+,50-,51-,52+,53+,54+,55+,56+,57+,58+,59+,60+,61+,62+,63+,64-,65+,66+,67+,68-,69-,70-,71-,72-,73-,74-,75-,79-,80+,81+,82-/m0/s1. The predicted molar refractivity (Wildman–Crippen MR) is 412 cm³/mol. The largest absolute Gasteiger partial charge is 0.481 e. The number of allylic oxidation sites excluding steroid dienone is 2. The predicted octanol–water partition coefficient (Wildman–Crippen LogP) is -9.02. The van der Waals surface area contributed by atoms with Crippen molar-refractivity contribution in [2.75, 3.05) is 46.2 Å². The Morgan fingerprint density at radius 1 is 0.381 bits per heavy atom. The first kappa shape index (κ1) is 99.5. The van der Waals surface area contributed by atoms with Gasteiger partial charge in [-0.2, -0.15) is 0 Å². The summed E-state index contributed by atoms with van der Waals surface area (Å²) in [5, 5.41) is 280. The molecule has 14 rings (SSSR count). The van der Waals surface area contributed by atoms with Crippen molar-refractivity contribution in [1.82, 2.24) is 0 Å². The van der Waals surface area contributed by atoms with Gasteiger partial charge in [0.1, 0.15) is 195 Å². The highest BCUT2D eigenvalue weighted by Gasteiger charge is 2.71. The lowest BCUT2D eigenvalue weighted by Gasteiger charge is -2.71. The monoisotopic (exact) mass is 1820 g/mol. The highest BCUT2D eigenvalue weighted by molar-refractivity contribution is 5.76. The van der Waals surface area contributed by atoms with Crippen LogP contribution in [0.15, 0.2) is 11.6 Å². The Hall–Kier alpha value is -2.47. The SMILES string of the molecule is C[C@@H]1O[C@@H](OC[C@H]2O[C@@H](O[C@@H]3[C@@H](O)[C@H](O[C@H]4[C@H](O)[C@@H](O)[C@H](O[C@@H]5CO[C@@H](O[C@@H]6[C@@H](O)[C@H](C)O[C@@H](O[C@H]7[C@H](OC8CC[C@@]9(C)C(CC[C@]%10(C)[C@@H]9CC=C9[C@@H]%11CC(C)(C)CC[C@]%11(C(=O)O)CC[C@]9%10C)C8(C)C)OC[C@H](O)[C@@H]7O)[C@@H]6O)[C@H](O)[C@@H]5O)O[C@@H]4CO)O[C@H](CO)[C@H]3O)[C@H](O)[C@@H](O)[C@@H]2O[C@@H]2O[C@H](CO)[C@@H](O)[C@H](O)[C@H]2O[C@@H]2O[C@H](CO)[C@@H](O)[C@H](O)[C@H]2O)[C@H](O)[C@H](O)[C@H]1O. The lowest BCUT2D eigenvalue weighted by molar-refractivity contribution is -0.402. The molecule has 25 N–H and O–H groups in total. The summed E-state index contributed by atoms with van der Waals surface area (Å²) in [4.78, 5) is 13.3. The van der Waals surface area contributed by atoms with Crippen LogP contribution in [0.3, 0.4) is 0 Å². The zero-order valence-corrected chi connectivity index (χ0v) is 71.7. The van der Waals surface area contributed by atoms with Gasteiger partial charge in [-0.05, 0) is 123 Å². The molecule has 9 saturated heterocycles. The lowest BCUT2D eigenvalue weighted by Crippen LogP contribution is -2.68. The van der Waals surface area contributed by atoms with E-state index >= 15 is 0 Å². The summed E-state index contributed by atoms with van der Waals surface area (Å²) in [5.74, 6) is -0.328. The molecule has 9 heterocycles. The first-order chi connectivity index (χ1) is 59.3. The van der Waals surface area contributed by atoms with E-state index in [4.69, 9.17) is 85.3 Å². The molecule has 0 aromatic rings. The Kier molecular flexibility index (Phi) is 30.5. The van der Waals surface area contributed by atoms with E-state index in [2.05, 4.69) is 54.5 Å². The number of hydrogen-bond acceptors (Lipinski definition) is 43. The van der Waals surface area contributed by atoms with Gasteiger partial charge < -0.3 is 213 Å². The van der Waals surface area contributed by atoms with Gasteiger partial charge in [0, 0.05) is 0 Å². The average Bonchev–Trinajstić information content (AvgIpc) is 0.673. The maximum atomic E-state index is 13.3. The van der Waals surface area contributed by atoms with Crippen molar-refractivity contribution in [3.63, 3.8) is 0 Å². The molecule has 0 aromatic carbocycles. The van der Waals surface area contributed by atoms with Crippen LogP contribution >= 0.6 is 0 Å². The number of aliphatic hydroxyl groups excluding tert-OH is 24. The topological polar surface area (TPSA) is 689 Å². The van der Waals surface area contributed by atoms with Crippen molar-refractivity contribution in [2.24, 2.45) is 50.2 Å². The molecule has 726 valence electrons. The molecule has 126 heavy (non-hydrogen) atoms. The number of fused-ring (bicyclic) bond motifs is 7. The van der Waals surface area contributed by atoms with Gasteiger partial charge >= 0.3 is 5.97 Å². The number of aliphatic hydroxyl groups is 24.